The molecule has 2 rings (SSSR count). The van der Waals surface area contributed by atoms with Crippen molar-refractivity contribution in [3.05, 3.63) is 37.1 Å². The molecule has 0 aliphatic rings. The van der Waals surface area contributed by atoms with E-state index < -0.39 is 0 Å². The molecule has 3 nitrogen and oxygen atoms in total. The minimum atomic E-state index is 0.488. The molecule has 0 N–H and O–H groups in total. The van der Waals surface area contributed by atoms with Gasteiger partial charge in [-0.15, -0.1) is 0 Å². The van der Waals surface area contributed by atoms with Crippen molar-refractivity contribution in [1.82, 2.24) is 14.5 Å². The van der Waals surface area contributed by atoms with Gasteiger partial charge in [-0.25, -0.2) is 9.97 Å². The smallest absolute Gasteiger partial charge is 0.140 e. The number of aromatic nitrogens is 3. The van der Waals surface area contributed by atoms with Crippen LogP contribution in [0.25, 0.3) is 5.82 Å². The van der Waals surface area contributed by atoms with Crippen molar-refractivity contribution in [2.75, 3.05) is 0 Å². The van der Waals surface area contributed by atoms with Crippen LogP contribution in [-0.2, 0) is 0 Å². The summed E-state index contributed by atoms with van der Waals surface area (Å²) in [6.07, 6.45) is 1.74. The maximum absolute atomic E-state index is 5.80. The topological polar surface area (TPSA) is 30.7 Å². The predicted molar refractivity (Wildman–Crippen MR) is 71.8 cm³/mol. The number of hydrogen-bond donors (Lipinski definition) is 0. The Morgan fingerprint density at radius 3 is 2.64 bits per heavy atom. The summed E-state index contributed by atoms with van der Waals surface area (Å²) in [6.45, 7) is 0. The zero-order valence-electron chi connectivity index (χ0n) is 6.78. The summed E-state index contributed by atoms with van der Waals surface area (Å²) < 4.78 is 3.90. The molecule has 0 radical (unpaired) electrons. The first kappa shape index (κ1) is 10.6. The first-order valence-corrected chi connectivity index (χ1v) is 6.23. The summed E-state index contributed by atoms with van der Waals surface area (Å²) in [5.41, 5.74) is 0. The summed E-state index contributed by atoms with van der Waals surface area (Å²) in [5.74, 6) is 0.789. The maximum Gasteiger partial charge on any atom is 0.140 e. The van der Waals surface area contributed by atoms with Crippen LogP contribution in [0.1, 0.15) is 0 Å². The molecule has 6 heteroatoms. The average molecular weight is 431 g/mol. The normalized spacial score (nSPS) is 10.5. The van der Waals surface area contributed by atoms with Gasteiger partial charge in [-0.05, 0) is 57.3 Å². The molecule has 0 saturated heterocycles. The van der Waals surface area contributed by atoms with E-state index in [1.165, 1.54) is 0 Å². The first-order valence-electron chi connectivity index (χ1n) is 3.70. The SMILES string of the molecule is Clc1cccc(-n2cnc(I)c2I)n1. The van der Waals surface area contributed by atoms with E-state index in [-0.39, 0.29) is 0 Å². The molecule has 0 bridgehead atoms. The van der Waals surface area contributed by atoms with Crippen molar-refractivity contribution < 1.29 is 0 Å². The van der Waals surface area contributed by atoms with Gasteiger partial charge in [0, 0.05) is 0 Å². The minimum absolute atomic E-state index is 0.488. The van der Waals surface area contributed by atoms with Crippen LogP contribution in [0.4, 0.5) is 0 Å². The molecule has 0 aliphatic heterocycles. The van der Waals surface area contributed by atoms with Gasteiger partial charge in [0.15, 0.2) is 0 Å². The van der Waals surface area contributed by atoms with E-state index in [2.05, 4.69) is 55.1 Å². The average Bonchev–Trinajstić information content (AvgIpc) is 2.48. The third-order valence-corrected chi connectivity index (χ3v) is 4.68. The van der Waals surface area contributed by atoms with Crippen LogP contribution in [0.5, 0.6) is 0 Å². The molecular formula is C8H4ClI2N3. The Morgan fingerprint density at radius 2 is 2.07 bits per heavy atom. The lowest BCUT2D eigenvalue weighted by molar-refractivity contribution is 0.970. The highest BCUT2D eigenvalue weighted by molar-refractivity contribution is 14.1. The van der Waals surface area contributed by atoms with Gasteiger partial charge < -0.3 is 0 Å². The van der Waals surface area contributed by atoms with E-state index >= 15 is 0 Å². The molecule has 0 saturated carbocycles. The van der Waals surface area contributed by atoms with Gasteiger partial charge in [0.1, 0.15) is 24.7 Å². The van der Waals surface area contributed by atoms with Crippen molar-refractivity contribution in [2.24, 2.45) is 0 Å². The second-order valence-corrected chi connectivity index (χ2v) is 4.95. The predicted octanol–water partition coefficient (Wildman–Crippen LogP) is 3.13. The van der Waals surface area contributed by atoms with E-state index in [0.717, 1.165) is 13.2 Å². The first-order chi connectivity index (χ1) is 6.68. The van der Waals surface area contributed by atoms with Gasteiger partial charge in [-0.3, -0.25) is 4.57 Å². The van der Waals surface area contributed by atoms with Crippen LogP contribution in [-0.4, -0.2) is 14.5 Å². The van der Waals surface area contributed by atoms with Crippen LogP contribution in [0, 0.1) is 7.40 Å². The molecular weight excluding hydrogens is 427 g/mol. The highest BCUT2D eigenvalue weighted by atomic mass is 127. The molecule has 0 aliphatic carbocycles. The molecule has 0 spiro atoms. The molecule has 2 aromatic heterocycles. The lowest BCUT2D eigenvalue weighted by Crippen LogP contribution is -1.98. The van der Waals surface area contributed by atoms with Crippen LogP contribution in [0.3, 0.4) is 0 Å². The van der Waals surface area contributed by atoms with Crippen LogP contribution < -0.4 is 0 Å². The second kappa shape index (κ2) is 4.31. The largest absolute Gasteiger partial charge is 0.277 e. The van der Waals surface area contributed by atoms with Crippen LogP contribution in [0.2, 0.25) is 5.15 Å². The van der Waals surface area contributed by atoms with Gasteiger partial charge in [0.05, 0.1) is 0 Å². The van der Waals surface area contributed by atoms with Crippen molar-refractivity contribution in [1.29, 1.82) is 0 Å². The van der Waals surface area contributed by atoms with Crippen LogP contribution in [0.15, 0.2) is 24.5 Å². The van der Waals surface area contributed by atoms with Crippen molar-refractivity contribution >= 4 is 56.8 Å². The Morgan fingerprint density at radius 1 is 1.29 bits per heavy atom. The summed E-state index contributed by atoms with van der Waals surface area (Å²) in [7, 11) is 0. The molecule has 2 heterocycles. The van der Waals surface area contributed by atoms with Gasteiger partial charge in [-0.1, -0.05) is 17.7 Å². The zero-order chi connectivity index (χ0) is 10.1. The molecule has 0 unspecified atom stereocenters. The summed E-state index contributed by atoms with van der Waals surface area (Å²) in [4.78, 5) is 8.38. The molecule has 72 valence electrons. The Kier molecular flexibility index (Phi) is 3.27. The second-order valence-electron chi connectivity index (χ2n) is 2.51. The lowest BCUT2D eigenvalue weighted by Gasteiger charge is -2.02. The Labute approximate surface area is 113 Å². The third-order valence-electron chi connectivity index (χ3n) is 1.62. The molecule has 14 heavy (non-hydrogen) atoms. The Hall–Kier alpha value is 0.110. The summed E-state index contributed by atoms with van der Waals surface area (Å²) >= 11 is 10.2. The quantitative estimate of drug-likeness (QED) is 0.513. The summed E-state index contributed by atoms with van der Waals surface area (Å²) in [5, 5.41) is 0.488. The van der Waals surface area contributed by atoms with Gasteiger partial charge in [-0.2, -0.15) is 0 Å². The molecule has 0 amide bonds. The minimum Gasteiger partial charge on any atom is -0.277 e. The van der Waals surface area contributed by atoms with Crippen LogP contribution >= 0.6 is 56.8 Å². The van der Waals surface area contributed by atoms with Crippen molar-refractivity contribution in [3.63, 3.8) is 0 Å². The number of rotatable bonds is 1. The maximum atomic E-state index is 5.80. The monoisotopic (exact) mass is 431 g/mol. The van der Waals surface area contributed by atoms with E-state index in [4.69, 9.17) is 11.6 Å². The summed E-state index contributed by atoms with van der Waals surface area (Å²) in [6, 6.07) is 5.51. The number of halogens is 3. The lowest BCUT2D eigenvalue weighted by atomic mass is 10.4. The molecule has 0 fully saturated rings. The van der Waals surface area contributed by atoms with E-state index in [1.807, 2.05) is 16.7 Å². The fraction of sp³-hybridized carbons (Fsp3) is 0. The zero-order valence-corrected chi connectivity index (χ0v) is 11.9. The Balaban J connectivity index is 2.55. The van der Waals surface area contributed by atoms with E-state index in [9.17, 15) is 0 Å². The molecule has 0 atom stereocenters. The Bertz CT molecular complexity index is 469. The van der Waals surface area contributed by atoms with Gasteiger partial charge >= 0.3 is 0 Å². The molecule has 2 aromatic rings. The van der Waals surface area contributed by atoms with Crippen molar-refractivity contribution in [2.45, 2.75) is 0 Å². The fourth-order valence-corrected chi connectivity index (χ4v) is 2.06. The number of imidazole rings is 1. The van der Waals surface area contributed by atoms with Crippen molar-refractivity contribution in [3.8, 4) is 5.82 Å². The number of pyridine rings is 1. The highest BCUT2D eigenvalue weighted by Crippen LogP contribution is 2.18. The van der Waals surface area contributed by atoms with E-state index in [1.54, 1.807) is 12.4 Å². The standard InChI is InChI=1S/C8H4ClI2N3/c9-5-2-1-3-6(13-5)14-4-12-7(10)8(14)11/h1-4H. The number of hydrogen-bond acceptors (Lipinski definition) is 2. The van der Waals surface area contributed by atoms with E-state index in [0.29, 0.717) is 5.15 Å². The van der Waals surface area contributed by atoms with Gasteiger partial charge in [0.25, 0.3) is 0 Å². The third kappa shape index (κ3) is 2.03. The van der Waals surface area contributed by atoms with Gasteiger partial charge in [0.2, 0.25) is 0 Å². The molecule has 0 aromatic carbocycles. The fourth-order valence-electron chi connectivity index (χ4n) is 1.00. The highest BCUT2D eigenvalue weighted by Gasteiger charge is 2.07. The number of nitrogens with zero attached hydrogens (tertiary/aromatic N) is 3.